The summed E-state index contributed by atoms with van der Waals surface area (Å²) in [7, 11) is 0. The van der Waals surface area contributed by atoms with Gasteiger partial charge in [-0.3, -0.25) is 4.79 Å². The van der Waals surface area contributed by atoms with Crippen LogP contribution in [0.1, 0.15) is 52.9 Å². The number of rotatable bonds is 2. The third-order valence-electron chi connectivity index (χ3n) is 5.60. The van der Waals surface area contributed by atoms with Crippen molar-refractivity contribution in [2.45, 2.75) is 58.4 Å². The van der Waals surface area contributed by atoms with Crippen molar-refractivity contribution in [1.82, 2.24) is 4.90 Å². The first-order chi connectivity index (χ1) is 9.79. The lowest BCUT2D eigenvalue weighted by molar-refractivity contribution is -0.132. The summed E-state index contributed by atoms with van der Waals surface area (Å²) in [4.78, 5) is 14.4. The minimum atomic E-state index is -0.559. The lowest BCUT2D eigenvalue weighted by Gasteiger charge is -2.43. The fraction of sp³-hybridized carbons (Fsp3) is 0.765. The molecule has 2 fully saturated rings. The summed E-state index contributed by atoms with van der Waals surface area (Å²) in [6.45, 7) is 7.08. The van der Waals surface area contributed by atoms with E-state index in [1.165, 1.54) is 6.42 Å². The normalized spacial score (nSPS) is 35.1. The molecule has 0 aromatic heterocycles. The van der Waals surface area contributed by atoms with E-state index in [9.17, 15) is 15.2 Å². The molecule has 2 aliphatic carbocycles. The van der Waals surface area contributed by atoms with E-state index in [-0.39, 0.29) is 22.7 Å². The minimum Gasteiger partial charge on any atom is -0.508 e. The van der Waals surface area contributed by atoms with Crippen LogP contribution in [0.2, 0.25) is 0 Å². The first-order valence-corrected chi connectivity index (χ1v) is 7.95. The average molecular weight is 288 g/mol. The van der Waals surface area contributed by atoms with E-state index in [0.29, 0.717) is 18.4 Å². The maximum Gasteiger partial charge on any atom is 0.268 e. The number of amides is 1. The molecule has 1 amide bonds. The Morgan fingerprint density at radius 1 is 1.43 bits per heavy atom. The van der Waals surface area contributed by atoms with E-state index < -0.39 is 5.54 Å². The van der Waals surface area contributed by atoms with Crippen LogP contribution < -0.4 is 0 Å². The Labute approximate surface area is 126 Å². The van der Waals surface area contributed by atoms with Gasteiger partial charge in [0.15, 0.2) is 5.57 Å². The molecule has 3 aliphatic rings. The minimum absolute atomic E-state index is 0.0172. The topological polar surface area (TPSA) is 64.3 Å². The van der Waals surface area contributed by atoms with Crippen molar-refractivity contribution in [1.29, 1.82) is 5.26 Å². The highest BCUT2D eigenvalue weighted by Crippen LogP contribution is 2.58. The van der Waals surface area contributed by atoms with Gasteiger partial charge in [-0.1, -0.05) is 20.8 Å². The van der Waals surface area contributed by atoms with Gasteiger partial charge in [-0.25, -0.2) is 0 Å². The second kappa shape index (κ2) is 4.50. The van der Waals surface area contributed by atoms with Crippen molar-refractivity contribution in [2.24, 2.45) is 17.3 Å². The molecule has 2 bridgehead atoms. The second-order valence-electron chi connectivity index (χ2n) is 8.11. The van der Waals surface area contributed by atoms with Crippen molar-refractivity contribution < 1.29 is 9.90 Å². The number of fused-ring (bicyclic) bond motifs is 3. The van der Waals surface area contributed by atoms with Crippen LogP contribution in [-0.4, -0.2) is 28.0 Å². The van der Waals surface area contributed by atoms with Crippen molar-refractivity contribution in [3.05, 3.63) is 11.3 Å². The summed E-state index contributed by atoms with van der Waals surface area (Å²) in [6.07, 6.45) is 5.06. The number of hydrogen-bond acceptors (Lipinski definition) is 3. The van der Waals surface area contributed by atoms with Gasteiger partial charge in [-0.2, -0.15) is 5.26 Å². The third-order valence-corrected chi connectivity index (χ3v) is 5.60. The summed E-state index contributed by atoms with van der Waals surface area (Å²) in [5.41, 5.74) is -0.447. The third kappa shape index (κ3) is 1.97. The molecule has 4 nitrogen and oxygen atoms in total. The molecule has 1 heterocycles. The molecule has 0 radical (unpaired) electrons. The van der Waals surface area contributed by atoms with E-state index in [1.807, 2.05) is 11.0 Å². The van der Waals surface area contributed by atoms with Gasteiger partial charge in [0.25, 0.3) is 5.91 Å². The Morgan fingerprint density at radius 2 is 2.14 bits per heavy atom. The zero-order valence-electron chi connectivity index (χ0n) is 13.1. The van der Waals surface area contributed by atoms with Gasteiger partial charge in [-0.15, -0.1) is 0 Å². The lowest BCUT2D eigenvalue weighted by atomic mass is 9.78. The first-order valence-electron chi connectivity index (χ1n) is 7.95. The van der Waals surface area contributed by atoms with Crippen LogP contribution in [0.5, 0.6) is 0 Å². The Bertz CT molecular complexity index is 552. The molecule has 1 aliphatic heterocycles. The average Bonchev–Trinajstić information content (AvgIpc) is 3.03. The molecule has 0 saturated heterocycles. The fourth-order valence-corrected chi connectivity index (χ4v) is 4.53. The molecule has 3 unspecified atom stereocenters. The molecule has 1 N–H and O–H groups in total. The van der Waals surface area contributed by atoms with Crippen molar-refractivity contribution >= 4 is 5.91 Å². The highest BCUT2D eigenvalue weighted by Gasteiger charge is 2.62. The highest BCUT2D eigenvalue weighted by atomic mass is 16.3. The van der Waals surface area contributed by atoms with Gasteiger partial charge < -0.3 is 10.0 Å². The Balaban J connectivity index is 1.95. The Morgan fingerprint density at radius 3 is 2.62 bits per heavy atom. The van der Waals surface area contributed by atoms with E-state index in [2.05, 4.69) is 20.8 Å². The summed E-state index contributed by atoms with van der Waals surface area (Å²) >= 11 is 0. The first kappa shape index (κ1) is 14.4. The SMILES string of the molecule is CC(C)(C)CCN1C(=O)C(C#N)=C(O)C12CC1CCC2C1. The Hall–Kier alpha value is -1.50. The molecule has 1 spiro atoms. The van der Waals surface area contributed by atoms with Crippen LogP contribution in [0.25, 0.3) is 0 Å². The molecule has 4 heteroatoms. The van der Waals surface area contributed by atoms with E-state index >= 15 is 0 Å². The number of nitriles is 1. The standard InChI is InChI=1S/C17H24N2O2/c1-16(2,3)6-7-19-15(21)13(10-18)14(20)17(19)9-11-4-5-12(17)8-11/h11-12,20H,4-9H2,1-3H3. The molecule has 21 heavy (non-hydrogen) atoms. The van der Waals surface area contributed by atoms with Gasteiger partial charge in [0.1, 0.15) is 17.4 Å². The van der Waals surface area contributed by atoms with Crippen LogP contribution in [0.15, 0.2) is 11.3 Å². The summed E-state index contributed by atoms with van der Waals surface area (Å²) in [6, 6.07) is 1.94. The van der Waals surface area contributed by atoms with Crippen LogP contribution in [0.4, 0.5) is 0 Å². The molecule has 0 aromatic carbocycles. The number of carbonyl (C=O) groups is 1. The number of hydrogen-bond donors (Lipinski definition) is 1. The maximum atomic E-state index is 12.6. The monoisotopic (exact) mass is 288 g/mol. The number of nitrogens with zero attached hydrogens (tertiary/aromatic N) is 2. The number of aliphatic hydroxyl groups excluding tert-OH is 1. The predicted octanol–water partition coefficient (Wildman–Crippen LogP) is 3.16. The maximum absolute atomic E-state index is 12.6. The van der Waals surface area contributed by atoms with Crippen molar-refractivity contribution in [3.8, 4) is 6.07 Å². The zero-order valence-corrected chi connectivity index (χ0v) is 13.1. The Kier molecular flexibility index (Phi) is 3.09. The molecule has 3 rings (SSSR count). The summed E-state index contributed by atoms with van der Waals surface area (Å²) < 4.78 is 0. The smallest absolute Gasteiger partial charge is 0.268 e. The molecular formula is C17H24N2O2. The van der Waals surface area contributed by atoms with Crippen LogP contribution >= 0.6 is 0 Å². The molecule has 2 saturated carbocycles. The number of carbonyl (C=O) groups excluding carboxylic acids is 1. The molecular weight excluding hydrogens is 264 g/mol. The molecule has 114 valence electrons. The zero-order chi connectivity index (χ0) is 15.4. The van der Waals surface area contributed by atoms with Crippen LogP contribution in [0, 0.1) is 28.6 Å². The van der Waals surface area contributed by atoms with Crippen LogP contribution in [-0.2, 0) is 4.79 Å². The largest absolute Gasteiger partial charge is 0.508 e. The van der Waals surface area contributed by atoms with Crippen molar-refractivity contribution in [2.75, 3.05) is 6.54 Å². The highest BCUT2D eigenvalue weighted by molar-refractivity contribution is 6.01. The van der Waals surface area contributed by atoms with Gasteiger partial charge >= 0.3 is 0 Å². The van der Waals surface area contributed by atoms with Crippen molar-refractivity contribution in [3.63, 3.8) is 0 Å². The van der Waals surface area contributed by atoms with E-state index in [0.717, 1.165) is 25.7 Å². The fourth-order valence-electron chi connectivity index (χ4n) is 4.53. The van der Waals surface area contributed by atoms with Gasteiger partial charge in [0.2, 0.25) is 0 Å². The number of aliphatic hydroxyl groups is 1. The predicted molar refractivity (Wildman–Crippen MR) is 79.2 cm³/mol. The van der Waals surface area contributed by atoms with E-state index in [1.54, 1.807) is 0 Å². The molecule has 3 atom stereocenters. The summed E-state index contributed by atoms with van der Waals surface area (Å²) in [5, 5.41) is 19.9. The van der Waals surface area contributed by atoms with Crippen LogP contribution in [0.3, 0.4) is 0 Å². The van der Waals surface area contributed by atoms with Gasteiger partial charge in [-0.05, 0) is 49.4 Å². The van der Waals surface area contributed by atoms with E-state index in [4.69, 9.17) is 0 Å². The summed E-state index contributed by atoms with van der Waals surface area (Å²) in [5.74, 6) is 0.736. The second-order valence-corrected chi connectivity index (χ2v) is 8.11. The van der Waals surface area contributed by atoms with Gasteiger partial charge in [0.05, 0.1) is 0 Å². The lowest BCUT2D eigenvalue weighted by Crippen LogP contribution is -2.52. The van der Waals surface area contributed by atoms with Gasteiger partial charge in [0, 0.05) is 6.54 Å². The molecule has 0 aromatic rings. The quantitative estimate of drug-likeness (QED) is 0.849.